The van der Waals surface area contributed by atoms with E-state index in [-0.39, 0.29) is 17.7 Å². The summed E-state index contributed by atoms with van der Waals surface area (Å²) in [6.45, 7) is 18.8. The van der Waals surface area contributed by atoms with Crippen LogP contribution >= 0.6 is 0 Å². The molecule has 1 heterocycles. The van der Waals surface area contributed by atoms with Gasteiger partial charge in [-0.3, -0.25) is 19.5 Å². The topological polar surface area (TPSA) is 84.4 Å². The average Bonchev–Trinajstić information content (AvgIpc) is 2.95. The minimum Gasteiger partial charge on any atom is -0.376 e. The van der Waals surface area contributed by atoms with Crippen LogP contribution in [0.25, 0.3) is 0 Å². The summed E-state index contributed by atoms with van der Waals surface area (Å²) < 4.78 is 21.3. The lowest BCUT2D eigenvalue weighted by Crippen LogP contribution is -2.19. The maximum Gasteiger partial charge on any atom is 0.203 e. The Balaban J connectivity index is 0. The van der Waals surface area contributed by atoms with Gasteiger partial charge in [0.1, 0.15) is 11.5 Å². The molecule has 0 bridgehead atoms. The Morgan fingerprint density at radius 1 is 1.22 bits per heavy atom. The fourth-order valence-corrected chi connectivity index (χ4v) is 2.85. The first-order chi connectivity index (χ1) is 18.0. The number of hydrogen-bond donors (Lipinski definition) is 0. The van der Waals surface area contributed by atoms with E-state index in [2.05, 4.69) is 26.8 Å². The first kappa shape index (κ1) is 36.0. The highest BCUT2D eigenvalue weighted by Crippen LogP contribution is 2.27. The molecule has 0 N–H and O–H groups in total. The van der Waals surface area contributed by atoms with Crippen LogP contribution in [0.3, 0.4) is 0 Å². The van der Waals surface area contributed by atoms with Crippen LogP contribution in [-0.2, 0) is 17.7 Å². The molecule has 0 fully saturated rings. The second-order valence-electron chi connectivity index (χ2n) is 6.72. The van der Waals surface area contributed by atoms with Gasteiger partial charge in [-0.1, -0.05) is 53.7 Å². The molecule has 0 saturated heterocycles. The highest BCUT2D eigenvalue weighted by molar-refractivity contribution is 6.05. The van der Waals surface area contributed by atoms with Gasteiger partial charge >= 0.3 is 0 Å². The summed E-state index contributed by atoms with van der Waals surface area (Å²) >= 11 is 0. The summed E-state index contributed by atoms with van der Waals surface area (Å²) in [4.78, 5) is 20.6. The van der Waals surface area contributed by atoms with E-state index in [1.807, 2.05) is 48.5 Å². The van der Waals surface area contributed by atoms with Crippen molar-refractivity contribution in [3.63, 3.8) is 0 Å². The maximum absolute atomic E-state index is 14.5. The third-order valence-corrected chi connectivity index (χ3v) is 4.49. The van der Waals surface area contributed by atoms with E-state index >= 15 is 0 Å². The van der Waals surface area contributed by atoms with Gasteiger partial charge in [0, 0.05) is 64.4 Å². The minimum atomic E-state index is -0.265. The molecule has 2 rings (SSSR count). The number of allylic oxidation sites excluding steroid dienone is 2. The SMILES string of the molecule is C=CN(C)/N=C\Cn1ccc(=O)c(CC2=CC(C(N=CCOCC)=NC)=C(F)CC2)n1.CC.CC.CC. The third kappa shape index (κ3) is 14.2. The molecule has 1 aromatic rings. The summed E-state index contributed by atoms with van der Waals surface area (Å²) in [7, 11) is 3.33. The van der Waals surface area contributed by atoms with Gasteiger partial charge in [0.05, 0.1) is 18.7 Å². The molecular weight excluding hydrogens is 471 g/mol. The molecule has 1 aliphatic rings. The largest absolute Gasteiger partial charge is 0.376 e. The molecule has 0 atom stereocenters. The molecule has 0 amide bonds. The Morgan fingerprint density at radius 3 is 2.49 bits per heavy atom. The number of nitrogens with zero attached hydrogens (tertiary/aromatic N) is 6. The summed E-state index contributed by atoms with van der Waals surface area (Å²) in [5.41, 5.74) is 1.48. The smallest absolute Gasteiger partial charge is 0.203 e. The van der Waals surface area contributed by atoms with Crippen molar-refractivity contribution in [1.29, 1.82) is 0 Å². The van der Waals surface area contributed by atoms with Crippen molar-refractivity contribution in [2.75, 3.05) is 27.3 Å². The highest BCUT2D eigenvalue weighted by atomic mass is 19.1. The zero-order chi connectivity index (χ0) is 28.6. The lowest BCUT2D eigenvalue weighted by Gasteiger charge is -2.15. The number of aromatic nitrogens is 2. The van der Waals surface area contributed by atoms with Gasteiger partial charge in [-0.2, -0.15) is 10.2 Å². The summed E-state index contributed by atoms with van der Waals surface area (Å²) in [5, 5.41) is 10.1. The second-order valence-corrected chi connectivity index (χ2v) is 6.72. The summed E-state index contributed by atoms with van der Waals surface area (Å²) in [6, 6.07) is 1.48. The van der Waals surface area contributed by atoms with E-state index in [1.54, 1.807) is 54.7 Å². The van der Waals surface area contributed by atoms with Gasteiger partial charge < -0.3 is 4.74 Å². The van der Waals surface area contributed by atoms with Crippen LogP contribution in [0.1, 0.15) is 67.0 Å². The monoisotopic (exact) mass is 518 g/mol. The van der Waals surface area contributed by atoms with E-state index in [0.29, 0.717) is 49.7 Å². The van der Waals surface area contributed by atoms with Crippen LogP contribution in [-0.4, -0.2) is 60.4 Å². The Bertz CT molecular complexity index is 977. The molecule has 0 spiro atoms. The average molecular weight is 519 g/mol. The van der Waals surface area contributed by atoms with Crippen LogP contribution in [0.15, 0.2) is 68.0 Å². The number of hydrazone groups is 1. The lowest BCUT2D eigenvalue weighted by molar-refractivity contribution is 0.190. The molecule has 208 valence electrons. The Kier molecular flexibility index (Phi) is 22.6. The number of aliphatic imine (C=N–C) groups is 2. The minimum absolute atomic E-state index is 0.159. The van der Waals surface area contributed by atoms with E-state index in [4.69, 9.17) is 4.74 Å². The van der Waals surface area contributed by atoms with Gasteiger partial charge in [0.2, 0.25) is 5.43 Å². The van der Waals surface area contributed by atoms with Crippen molar-refractivity contribution in [3.05, 3.63) is 64.0 Å². The van der Waals surface area contributed by atoms with Gasteiger partial charge in [0.25, 0.3) is 0 Å². The fourth-order valence-electron chi connectivity index (χ4n) is 2.85. The lowest BCUT2D eigenvalue weighted by atomic mass is 9.94. The Hall–Kier alpha value is -3.20. The highest BCUT2D eigenvalue weighted by Gasteiger charge is 2.18. The van der Waals surface area contributed by atoms with Crippen LogP contribution in [0.2, 0.25) is 0 Å². The number of hydrogen-bond acceptors (Lipinski definition) is 6. The van der Waals surface area contributed by atoms with Crippen LogP contribution in [0.4, 0.5) is 4.39 Å². The first-order valence-corrected chi connectivity index (χ1v) is 13.1. The van der Waals surface area contributed by atoms with Crippen molar-refractivity contribution < 1.29 is 9.13 Å². The predicted molar refractivity (Wildman–Crippen MR) is 156 cm³/mol. The number of amidine groups is 1. The standard InChI is InChI=1S/C22H29FN6O2.3C2H6/c1-5-28(4)26-10-13-29-12-9-21(30)20(27-29)16-17-7-8-19(23)18(15-17)22(24-3)25-11-14-31-6-2;3*1-2/h5,9-12,15H,1,6-8,13-14,16H2,2-4H3;3*1-2H3/b24-22?,25-11?,26-10-;;;. The number of halogens is 1. The zero-order valence-electron chi connectivity index (χ0n) is 24.3. The van der Waals surface area contributed by atoms with Gasteiger partial charge in [-0.05, 0) is 19.4 Å². The molecule has 1 aromatic heterocycles. The van der Waals surface area contributed by atoms with E-state index in [1.165, 1.54) is 6.07 Å². The van der Waals surface area contributed by atoms with Crippen LogP contribution in [0.5, 0.6) is 0 Å². The zero-order valence-corrected chi connectivity index (χ0v) is 24.3. The van der Waals surface area contributed by atoms with E-state index in [9.17, 15) is 9.18 Å². The molecule has 9 heteroatoms. The van der Waals surface area contributed by atoms with E-state index < -0.39 is 0 Å². The van der Waals surface area contributed by atoms with E-state index in [0.717, 1.165) is 5.57 Å². The molecule has 0 saturated carbocycles. The van der Waals surface area contributed by atoms with Crippen molar-refractivity contribution >= 4 is 18.3 Å². The van der Waals surface area contributed by atoms with Crippen molar-refractivity contribution in [3.8, 4) is 0 Å². The van der Waals surface area contributed by atoms with Gasteiger partial charge in [-0.25, -0.2) is 9.38 Å². The molecule has 0 aliphatic heterocycles. The van der Waals surface area contributed by atoms with Crippen molar-refractivity contribution in [1.82, 2.24) is 14.8 Å². The fraction of sp³-hybridized carbons (Fsp3) is 0.536. The molecular formula is C28H47FN6O2. The van der Waals surface area contributed by atoms with Crippen molar-refractivity contribution in [2.24, 2.45) is 15.1 Å². The second kappa shape index (κ2) is 23.2. The van der Waals surface area contributed by atoms with Gasteiger partial charge in [-0.15, -0.1) is 0 Å². The third-order valence-electron chi connectivity index (χ3n) is 4.49. The first-order valence-electron chi connectivity index (χ1n) is 13.1. The normalized spacial score (nSPS) is 13.1. The molecule has 0 radical (unpaired) electrons. The maximum atomic E-state index is 14.5. The molecule has 0 unspecified atom stereocenters. The Morgan fingerprint density at radius 2 is 1.89 bits per heavy atom. The summed E-state index contributed by atoms with van der Waals surface area (Å²) in [5.74, 6) is 0.0364. The molecule has 37 heavy (non-hydrogen) atoms. The van der Waals surface area contributed by atoms with Gasteiger partial charge in [0.15, 0.2) is 5.84 Å². The van der Waals surface area contributed by atoms with Crippen LogP contribution in [0, 0.1) is 0 Å². The quantitative estimate of drug-likeness (QED) is 0.164. The summed E-state index contributed by atoms with van der Waals surface area (Å²) in [6.07, 6.45) is 9.23. The molecule has 1 aliphatic carbocycles. The number of ether oxygens (including phenoxy) is 1. The van der Waals surface area contributed by atoms with Crippen molar-refractivity contribution in [2.45, 2.75) is 74.3 Å². The predicted octanol–water partition coefficient (Wildman–Crippen LogP) is 6.00. The molecule has 8 nitrogen and oxygen atoms in total. The Labute approximate surface area is 223 Å². The van der Waals surface area contributed by atoms with Crippen LogP contribution < -0.4 is 5.43 Å². The molecule has 0 aromatic carbocycles. The number of rotatable bonds is 10.